The van der Waals surface area contributed by atoms with Crippen LogP contribution < -0.4 is 21.1 Å². The van der Waals surface area contributed by atoms with Crippen molar-refractivity contribution in [3.63, 3.8) is 0 Å². The first kappa shape index (κ1) is 24.9. The molecule has 0 radical (unpaired) electrons. The minimum Gasteiger partial charge on any atom is -0.465 e. The molecule has 1 aromatic carbocycles. The SMILES string of the molecule is COC(=O)c1cc(NC(=O)C2CC(=O)Nc3nc(N4CCCC(C)C4)[nH]c(=O)c32)cc(C(=O)OC)c1. The molecule has 1 aromatic heterocycles. The minimum atomic E-state index is -1.14. The summed E-state index contributed by atoms with van der Waals surface area (Å²) in [5.74, 6) is -2.89. The quantitative estimate of drug-likeness (QED) is 0.522. The summed E-state index contributed by atoms with van der Waals surface area (Å²) < 4.78 is 9.42. The Hall–Kier alpha value is -4.22. The van der Waals surface area contributed by atoms with Gasteiger partial charge in [-0.2, -0.15) is 4.98 Å². The minimum absolute atomic E-state index is 0.0115. The topological polar surface area (TPSA) is 160 Å². The number of piperidine rings is 1. The Bertz CT molecular complexity index is 1250. The Morgan fingerprint density at radius 1 is 1.08 bits per heavy atom. The molecule has 36 heavy (non-hydrogen) atoms. The molecule has 2 atom stereocenters. The van der Waals surface area contributed by atoms with Gasteiger partial charge in [0.15, 0.2) is 0 Å². The lowest BCUT2D eigenvalue weighted by molar-refractivity contribution is -0.123. The number of aromatic nitrogens is 2. The zero-order chi connectivity index (χ0) is 26.0. The number of benzene rings is 1. The van der Waals surface area contributed by atoms with Crippen molar-refractivity contribution in [2.24, 2.45) is 5.92 Å². The number of aromatic amines is 1. The third-order valence-electron chi connectivity index (χ3n) is 6.25. The molecule has 3 heterocycles. The van der Waals surface area contributed by atoms with Crippen LogP contribution in [0.3, 0.4) is 0 Å². The lowest BCUT2D eigenvalue weighted by Crippen LogP contribution is -2.40. The Morgan fingerprint density at radius 3 is 2.36 bits per heavy atom. The second-order valence-corrected chi connectivity index (χ2v) is 8.92. The van der Waals surface area contributed by atoms with Crippen LogP contribution in [0.2, 0.25) is 0 Å². The fourth-order valence-electron chi connectivity index (χ4n) is 4.52. The Balaban J connectivity index is 1.66. The van der Waals surface area contributed by atoms with Crippen LogP contribution in [0.15, 0.2) is 23.0 Å². The number of carbonyl (C=O) groups excluding carboxylic acids is 4. The van der Waals surface area contributed by atoms with E-state index in [0.717, 1.165) is 25.9 Å². The van der Waals surface area contributed by atoms with E-state index < -0.39 is 35.2 Å². The van der Waals surface area contributed by atoms with Crippen LogP contribution in [0.5, 0.6) is 0 Å². The van der Waals surface area contributed by atoms with Gasteiger partial charge < -0.3 is 25.0 Å². The van der Waals surface area contributed by atoms with Crippen molar-refractivity contribution >= 4 is 41.2 Å². The number of esters is 2. The van der Waals surface area contributed by atoms with Crippen molar-refractivity contribution in [2.45, 2.75) is 32.1 Å². The Morgan fingerprint density at radius 2 is 1.75 bits per heavy atom. The lowest BCUT2D eigenvalue weighted by atomic mass is 9.92. The second kappa shape index (κ2) is 10.2. The molecule has 190 valence electrons. The first-order valence-corrected chi connectivity index (χ1v) is 11.5. The number of anilines is 3. The van der Waals surface area contributed by atoms with Crippen molar-refractivity contribution in [2.75, 3.05) is 42.8 Å². The largest absolute Gasteiger partial charge is 0.465 e. The van der Waals surface area contributed by atoms with E-state index in [9.17, 15) is 24.0 Å². The van der Waals surface area contributed by atoms with Crippen molar-refractivity contribution in [1.29, 1.82) is 0 Å². The van der Waals surface area contributed by atoms with Crippen LogP contribution in [-0.2, 0) is 19.1 Å². The maximum atomic E-state index is 13.2. The van der Waals surface area contributed by atoms with E-state index in [0.29, 0.717) is 11.9 Å². The molecule has 0 aliphatic carbocycles. The molecule has 2 aromatic rings. The first-order valence-electron chi connectivity index (χ1n) is 11.5. The predicted octanol–water partition coefficient (Wildman–Crippen LogP) is 1.64. The van der Waals surface area contributed by atoms with E-state index in [1.165, 1.54) is 32.4 Å². The average molecular weight is 498 g/mol. The highest BCUT2D eigenvalue weighted by Gasteiger charge is 2.35. The smallest absolute Gasteiger partial charge is 0.337 e. The number of rotatable bonds is 5. The van der Waals surface area contributed by atoms with E-state index in [4.69, 9.17) is 9.47 Å². The number of nitrogens with one attached hydrogen (secondary N) is 3. The number of H-pyrrole nitrogens is 1. The number of carbonyl (C=O) groups is 4. The summed E-state index contributed by atoms with van der Waals surface area (Å²) in [6.07, 6.45) is 1.77. The predicted molar refractivity (Wildman–Crippen MR) is 129 cm³/mol. The molecule has 2 unspecified atom stereocenters. The average Bonchev–Trinajstić information content (AvgIpc) is 2.86. The number of hydrogen-bond donors (Lipinski definition) is 3. The van der Waals surface area contributed by atoms with Crippen LogP contribution in [0.1, 0.15) is 58.4 Å². The highest BCUT2D eigenvalue weighted by Crippen LogP contribution is 2.31. The third kappa shape index (κ3) is 5.07. The van der Waals surface area contributed by atoms with Crippen LogP contribution in [-0.4, -0.2) is 61.0 Å². The molecule has 2 aliphatic rings. The molecule has 2 aliphatic heterocycles. The van der Waals surface area contributed by atoms with Crippen LogP contribution in [0.25, 0.3) is 0 Å². The molecule has 12 heteroatoms. The molecule has 0 spiro atoms. The standard InChI is InChI=1S/C24H27N5O7/c1-12-5-4-6-29(11-12)24-27-19-18(21(32)28-24)16(10-17(30)26-19)20(31)25-15-8-13(22(33)35-2)7-14(9-15)23(34)36-3/h7-9,12,16H,4-6,10-11H2,1-3H3,(H,25,31)(H2,26,27,28,30,32). The van der Waals surface area contributed by atoms with Gasteiger partial charge in [0.1, 0.15) is 5.82 Å². The van der Waals surface area contributed by atoms with Gasteiger partial charge in [-0.3, -0.25) is 19.4 Å². The van der Waals surface area contributed by atoms with Gasteiger partial charge in [-0.05, 0) is 37.0 Å². The molecule has 4 rings (SSSR count). The van der Waals surface area contributed by atoms with Gasteiger partial charge >= 0.3 is 11.9 Å². The fraction of sp³-hybridized carbons (Fsp3) is 0.417. The third-order valence-corrected chi connectivity index (χ3v) is 6.25. The molecule has 1 fully saturated rings. The van der Waals surface area contributed by atoms with Crippen molar-refractivity contribution in [3.05, 3.63) is 45.2 Å². The zero-order valence-corrected chi connectivity index (χ0v) is 20.2. The number of ether oxygens (including phenoxy) is 2. The normalized spacial score (nSPS) is 19.1. The van der Waals surface area contributed by atoms with Gasteiger partial charge in [-0.25, -0.2) is 9.59 Å². The lowest BCUT2D eigenvalue weighted by Gasteiger charge is -2.32. The zero-order valence-electron chi connectivity index (χ0n) is 20.2. The molecule has 0 bridgehead atoms. The summed E-state index contributed by atoms with van der Waals surface area (Å²) in [5.41, 5.74) is -0.362. The molecule has 2 amide bonds. The molecular formula is C24H27N5O7. The number of fused-ring (bicyclic) bond motifs is 1. The van der Waals surface area contributed by atoms with E-state index in [1.54, 1.807) is 0 Å². The van der Waals surface area contributed by atoms with Gasteiger partial charge in [0, 0.05) is 25.2 Å². The number of amides is 2. The van der Waals surface area contributed by atoms with Crippen LogP contribution in [0, 0.1) is 5.92 Å². The molecule has 1 saturated heterocycles. The van der Waals surface area contributed by atoms with E-state index in [2.05, 4.69) is 27.5 Å². The van der Waals surface area contributed by atoms with Gasteiger partial charge in [-0.15, -0.1) is 0 Å². The Labute approximate surface area is 206 Å². The molecule has 3 N–H and O–H groups in total. The fourth-order valence-corrected chi connectivity index (χ4v) is 4.52. The molecule has 0 saturated carbocycles. The molecule has 12 nitrogen and oxygen atoms in total. The summed E-state index contributed by atoms with van der Waals surface area (Å²) in [6, 6.07) is 3.92. The highest BCUT2D eigenvalue weighted by atomic mass is 16.5. The summed E-state index contributed by atoms with van der Waals surface area (Å²) >= 11 is 0. The second-order valence-electron chi connectivity index (χ2n) is 8.92. The van der Waals surface area contributed by atoms with Gasteiger partial charge in [0.05, 0.1) is 36.8 Å². The van der Waals surface area contributed by atoms with Crippen molar-refractivity contribution < 1.29 is 28.7 Å². The van der Waals surface area contributed by atoms with Crippen molar-refractivity contribution in [3.8, 4) is 0 Å². The summed E-state index contributed by atoms with van der Waals surface area (Å²) in [4.78, 5) is 72.0. The molecular weight excluding hydrogens is 470 g/mol. The Kier molecular flexibility index (Phi) is 7.04. The van der Waals surface area contributed by atoms with Crippen LogP contribution in [0.4, 0.5) is 17.5 Å². The number of methoxy groups -OCH3 is 2. The monoisotopic (exact) mass is 497 g/mol. The van der Waals surface area contributed by atoms with Gasteiger partial charge in [0.2, 0.25) is 17.8 Å². The first-order chi connectivity index (χ1) is 17.2. The van der Waals surface area contributed by atoms with Crippen molar-refractivity contribution in [1.82, 2.24) is 9.97 Å². The highest BCUT2D eigenvalue weighted by molar-refractivity contribution is 6.05. The maximum absolute atomic E-state index is 13.2. The van der Waals surface area contributed by atoms with E-state index in [-0.39, 0.29) is 34.6 Å². The van der Waals surface area contributed by atoms with E-state index >= 15 is 0 Å². The van der Waals surface area contributed by atoms with Crippen LogP contribution >= 0.6 is 0 Å². The summed E-state index contributed by atoms with van der Waals surface area (Å²) in [7, 11) is 2.36. The number of hydrogen-bond acceptors (Lipinski definition) is 9. The van der Waals surface area contributed by atoms with Gasteiger partial charge in [-0.1, -0.05) is 6.92 Å². The maximum Gasteiger partial charge on any atom is 0.337 e. The van der Waals surface area contributed by atoms with E-state index in [1.807, 2.05) is 4.90 Å². The number of nitrogens with zero attached hydrogens (tertiary/aromatic N) is 2. The summed E-state index contributed by atoms with van der Waals surface area (Å²) in [6.45, 7) is 3.56. The van der Waals surface area contributed by atoms with Gasteiger partial charge in [0.25, 0.3) is 5.56 Å². The summed E-state index contributed by atoms with van der Waals surface area (Å²) in [5, 5.41) is 5.20.